The van der Waals surface area contributed by atoms with Crippen LogP contribution in [0.1, 0.15) is 12.8 Å². The zero-order valence-corrected chi connectivity index (χ0v) is 11.7. The number of anilines is 1. The molecule has 1 fully saturated rings. The number of rotatable bonds is 4. The van der Waals surface area contributed by atoms with Crippen LogP contribution in [0.4, 0.5) is 5.13 Å². The number of carbonyl (C=O) groups is 2. The number of thiazole rings is 1. The Morgan fingerprint density at radius 1 is 1.32 bits per heavy atom. The number of hydrogen-bond acceptors (Lipinski definition) is 6. The Morgan fingerprint density at radius 3 is 2.63 bits per heavy atom. The van der Waals surface area contributed by atoms with Gasteiger partial charge in [-0.05, 0) is 0 Å². The van der Waals surface area contributed by atoms with E-state index >= 15 is 0 Å². The highest BCUT2D eigenvalue weighted by molar-refractivity contribution is 7.13. The summed E-state index contributed by atoms with van der Waals surface area (Å²) in [6.07, 6.45) is 2.17. The average molecular weight is 283 g/mol. The third-order valence-corrected chi connectivity index (χ3v) is 3.93. The van der Waals surface area contributed by atoms with Gasteiger partial charge < -0.3 is 14.5 Å². The molecule has 7 heteroatoms. The predicted octanol–water partition coefficient (Wildman–Crippen LogP) is 0.745. The van der Waals surface area contributed by atoms with E-state index in [4.69, 9.17) is 0 Å². The summed E-state index contributed by atoms with van der Waals surface area (Å²) < 4.78 is 4.53. The van der Waals surface area contributed by atoms with E-state index in [2.05, 4.69) is 14.6 Å². The van der Waals surface area contributed by atoms with E-state index in [-0.39, 0.29) is 24.7 Å². The smallest absolute Gasteiger partial charge is 0.306 e. The maximum Gasteiger partial charge on any atom is 0.306 e. The first kappa shape index (κ1) is 13.8. The minimum absolute atomic E-state index is 0.0178. The fraction of sp³-hybridized carbons (Fsp3) is 0.583. The lowest BCUT2D eigenvalue weighted by Gasteiger charge is -2.34. The van der Waals surface area contributed by atoms with E-state index in [0.29, 0.717) is 13.1 Å². The predicted molar refractivity (Wildman–Crippen MR) is 72.2 cm³/mol. The number of methoxy groups -OCH3 is 1. The molecule has 1 saturated heterocycles. The molecule has 0 bridgehead atoms. The number of aromatic nitrogens is 1. The van der Waals surface area contributed by atoms with Gasteiger partial charge in [-0.2, -0.15) is 0 Å². The van der Waals surface area contributed by atoms with Crippen LogP contribution in [0, 0.1) is 0 Å². The second kappa shape index (κ2) is 6.51. The molecule has 0 radical (unpaired) electrons. The number of esters is 1. The monoisotopic (exact) mass is 283 g/mol. The first-order valence-corrected chi connectivity index (χ1v) is 7.07. The molecule has 1 aliphatic rings. The van der Waals surface area contributed by atoms with Crippen LogP contribution in [0.15, 0.2) is 11.6 Å². The van der Waals surface area contributed by atoms with Gasteiger partial charge >= 0.3 is 5.97 Å². The van der Waals surface area contributed by atoms with Crippen molar-refractivity contribution in [2.24, 2.45) is 0 Å². The zero-order chi connectivity index (χ0) is 13.7. The Balaban J connectivity index is 1.76. The van der Waals surface area contributed by atoms with E-state index in [1.165, 1.54) is 7.11 Å². The Kier molecular flexibility index (Phi) is 4.73. The van der Waals surface area contributed by atoms with Gasteiger partial charge in [-0.15, -0.1) is 11.3 Å². The second-order valence-corrected chi connectivity index (χ2v) is 5.13. The summed E-state index contributed by atoms with van der Waals surface area (Å²) in [5.41, 5.74) is 0. The Hall–Kier alpha value is -1.63. The molecule has 0 saturated carbocycles. The molecule has 0 unspecified atom stereocenters. The zero-order valence-electron chi connectivity index (χ0n) is 10.9. The van der Waals surface area contributed by atoms with Crippen molar-refractivity contribution in [3.8, 4) is 0 Å². The first-order valence-electron chi connectivity index (χ1n) is 6.19. The van der Waals surface area contributed by atoms with Gasteiger partial charge in [0.05, 0.1) is 13.5 Å². The molecule has 2 rings (SSSR count). The number of hydrogen-bond donors (Lipinski definition) is 0. The minimum atomic E-state index is -0.338. The van der Waals surface area contributed by atoms with Gasteiger partial charge in [-0.3, -0.25) is 9.59 Å². The van der Waals surface area contributed by atoms with Crippen LogP contribution in [0.3, 0.4) is 0 Å². The van der Waals surface area contributed by atoms with Gasteiger partial charge in [0.25, 0.3) is 0 Å². The van der Waals surface area contributed by atoms with Crippen molar-refractivity contribution in [2.45, 2.75) is 12.8 Å². The van der Waals surface area contributed by atoms with Crippen LogP contribution < -0.4 is 4.90 Å². The Labute approximate surface area is 116 Å². The lowest BCUT2D eigenvalue weighted by molar-refractivity contribution is -0.143. The van der Waals surface area contributed by atoms with Crippen LogP contribution in [-0.4, -0.2) is 55.0 Å². The van der Waals surface area contributed by atoms with Gasteiger partial charge in [0.15, 0.2) is 5.13 Å². The molecule has 1 aliphatic heterocycles. The summed E-state index contributed by atoms with van der Waals surface area (Å²) in [6.45, 7) is 2.94. The molecule has 0 spiro atoms. The minimum Gasteiger partial charge on any atom is -0.469 e. The molecule has 1 aromatic rings. The van der Waals surface area contributed by atoms with E-state index in [9.17, 15) is 9.59 Å². The second-order valence-electron chi connectivity index (χ2n) is 4.26. The molecule has 6 nitrogen and oxygen atoms in total. The van der Waals surface area contributed by atoms with Crippen LogP contribution in [0.5, 0.6) is 0 Å². The molecule has 1 aromatic heterocycles. The standard InChI is InChI=1S/C12H17N3O3S/c1-18-11(17)3-2-10(16)14-5-7-15(8-6-14)12-13-4-9-19-12/h4,9H,2-3,5-8H2,1H3. The molecule has 104 valence electrons. The molecule has 0 N–H and O–H groups in total. The SMILES string of the molecule is COC(=O)CCC(=O)N1CCN(c2nccs2)CC1. The van der Waals surface area contributed by atoms with Gasteiger partial charge in [0.1, 0.15) is 0 Å². The van der Waals surface area contributed by atoms with Crippen LogP contribution in [-0.2, 0) is 14.3 Å². The van der Waals surface area contributed by atoms with Gasteiger partial charge in [0.2, 0.25) is 5.91 Å². The molecule has 0 atom stereocenters. The lowest BCUT2D eigenvalue weighted by atomic mass is 10.2. The van der Waals surface area contributed by atoms with Crippen molar-refractivity contribution in [1.29, 1.82) is 0 Å². The highest BCUT2D eigenvalue weighted by Crippen LogP contribution is 2.19. The fourth-order valence-corrected chi connectivity index (χ4v) is 2.69. The van der Waals surface area contributed by atoms with Crippen molar-refractivity contribution in [3.05, 3.63) is 11.6 Å². The lowest BCUT2D eigenvalue weighted by Crippen LogP contribution is -2.48. The van der Waals surface area contributed by atoms with Gasteiger partial charge in [-0.1, -0.05) is 0 Å². The molecular weight excluding hydrogens is 266 g/mol. The third-order valence-electron chi connectivity index (χ3n) is 3.09. The van der Waals surface area contributed by atoms with E-state index in [1.54, 1.807) is 22.4 Å². The highest BCUT2D eigenvalue weighted by atomic mass is 32.1. The normalized spacial score (nSPS) is 15.4. The van der Waals surface area contributed by atoms with Crippen molar-refractivity contribution in [1.82, 2.24) is 9.88 Å². The summed E-state index contributed by atoms with van der Waals surface area (Å²) in [4.78, 5) is 31.1. The Morgan fingerprint density at radius 2 is 2.05 bits per heavy atom. The van der Waals surface area contributed by atoms with Crippen molar-refractivity contribution < 1.29 is 14.3 Å². The van der Waals surface area contributed by atoms with Crippen LogP contribution in [0.25, 0.3) is 0 Å². The average Bonchev–Trinajstić information content (AvgIpc) is 2.98. The molecule has 0 aromatic carbocycles. The number of amides is 1. The first-order chi connectivity index (χ1) is 9.20. The van der Waals surface area contributed by atoms with Gasteiger partial charge in [-0.25, -0.2) is 4.98 Å². The fourth-order valence-electron chi connectivity index (χ4n) is 1.99. The summed E-state index contributed by atoms with van der Waals surface area (Å²) >= 11 is 1.61. The summed E-state index contributed by atoms with van der Waals surface area (Å²) in [7, 11) is 1.33. The summed E-state index contributed by atoms with van der Waals surface area (Å²) in [5.74, 6) is -0.320. The number of nitrogens with zero attached hydrogens (tertiary/aromatic N) is 3. The van der Waals surface area contributed by atoms with Crippen LogP contribution in [0.2, 0.25) is 0 Å². The number of carbonyl (C=O) groups excluding carboxylic acids is 2. The topological polar surface area (TPSA) is 62.7 Å². The van der Waals surface area contributed by atoms with Gasteiger partial charge in [0, 0.05) is 44.2 Å². The molecular formula is C12H17N3O3S. The molecule has 0 aliphatic carbocycles. The summed E-state index contributed by atoms with van der Waals surface area (Å²) in [5, 5.41) is 2.95. The quantitative estimate of drug-likeness (QED) is 0.763. The van der Waals surface area contributed by atoms with E-state index < -0.39 is 0 Å². The maximum absolute atomic E-state index is 11.9. The number of piperazine rings is 1. The van der Waals surface area contributed by atoms with E-state index in [1.807, 2.05) is 5.38 Å². The molecule has 1 amide bonds. The number of ether oxygens (including phenoxy) is 1. The largest absolute Gasteiger partial charge is 0.469 e. The van der Waals surface area contributed by atoms with Crippen molar-refractivity contribution in [2.75, 3.05) is 38.2 Å². The van der Waals surface area contributed by atoms with Crippen molar-refractivity contribution >= 4 is 28.3 Å². The maximum atomic E-state index is 11.9. The highest BCUT2D eigenvalue weighted by Gasteiger charge is 2.22. The molecule has 2 heterocycles. The molecule has 19 heavy (non-hydrogen) atoms. The van der Waals surface area contributed by atoms with Crippen LogP contribution >= 0.6 is 11.3 Å². The van der Waals surface area contributed by atoms with Crippen molar-refractivity contribution in [3.63, 3.8) is 0 Å². The summed E-state index contributed by atoms with van der Waals surface area (Å²) in [6, 6.07) is 0. The van der Waals surface area contributed by atoms with E-state index in [0.717, 1.165) is 18.2 Å². The third kappa shape index (κ3) is 3.66. The Bertz CT molecular complexity index is 427.